The van der Waals surface area contributed by atoms with Crippen molar-refractivity contribution in [2.24, 2.45) is 10.3 Å². The van der Waals surface area contributed by atoms with Gasteiger partial charge >= 0.3 is 0 Å². The number of nitrogens with zero attached hydrogens (tertiary/aromatic N) is 2. The SMILES string of the molecule is O=S1(=O)N=C(C2CCCN(Cc3cc4ccccc4o3)C2)Nc2ccccc21. The molecule has 2 aliphatic rings. The van der Waals surface area contributed by atoms with Gasteiger partial charge in [-0.05, 0) is 43.7 Å². The molecule has 0 saturated carbocycles. The quantitative estimate of drug-likeness (QED) is 0.729. The molecule has 1 aromatic heterocycles. The summed E-state index contributed by atoms with van der Waals surface area (Å²) in [6.07, 6.45) is 1.91. The molecule has 7 heteroatoms. The lowest BCUT2D eigenvalue weighted by molar-refractivity contribution is 0.185. The minimum absolute atomic E-state index is 0.0567. The summed E-state index contributed by atoms with van der Waals surface area (Å²) in [4.78, 5) is 2.55. The van der Waals surface area contributed by atoms with Gasteiger partial charge in [-0.1, -0.05) is 30.3 Å². The molecule has 0 spiro atoms. The summed E-state index contributed by atoms with van der Waals surface area (Å²) in [5.41, 5.74) is 1.51. The minimum atomic E-state index is -3.65. The summed E-state index contributed by atoms with van der Waals surface area (Å²) in [6, 6.07) is 17.0. The molecule has 1 unspecified atom stereocenters. The van der Waals surface area contributed by atoms with Crippen molar-refractivity contribution in [2.45, 2.75) is 24.3 Å². The van der Waals surface area contributed by atoms with Crippen LogP contribution in [0, 0.1) is 5.92 Å². The van der Waals surface area contributed by atoms with Crippen molar-refractivity contribution in [3.63, 3.8) is 0 Å². The van der Waals surface area contributed by atoms with Crippen LogP contribution in [0.2, 0.25) is 0 Å². The molecular weight excluding hydrogens is 374 g/mol. The van der Waals surface area contributed by atoms with Gasteiger partial charge in [0.25, 0.3) is 10.0 Å². The van der Waals surface area contributed by atoms with E-state index in [1.807, 2.05) is 30.3 Å². The second-order valence-electron chi connectivity index (χ2n) is 7.40. The number of benzene rings is 2. The molecule has 0 radical (unpaired) electrons. The number of hydrogen-bond acceptors (Lipinski definition) is 5. The third-order valence-electron chi connectivity index (χ3n) is 5.39. The van der Waals surface area contributed by atoms with E-state index in [9.17, 15) is 8.42 Å². The standard InChI is InChI=1S/C21H21N3O3S/c25-28(26)20-10-4-2-8-18(20)22-21(23-28)16-7-5-11-24(13-16)14-17-12-15-6-1-3-9-19(15)27-17/h1-4,6,8-10,12,16H,5,7,11,13-14H2,(H,22,23). The number of furan rings is 1. The predicted molar refractivity (Wildman–Crippen MR) is 109 cm³/mol. The monoisotopic (exact) mass is 395 g/mol. The predicted octanol–water partition coefficient (Wildman–Crippen LogP) is 3.86. The number of hydrogen-bond donors (Lipinski definition) is 1. The lowest BCUT2D eigenvalue weighted by Gasteiger charge is -2.34. The van der Waals surface area contributed by atoms with Crippen molar-refractivity contribution < 1.29 is 12.8 Å². The molecule has 0 bridgehead atoms. The molecule has 3 heterocycles. The molecule has 144 valence electrons. The average molecular weight is 395 g/mol. The molecule has 6 nitrogen and oxygen atoms in total. The second kappa shape index (κ2) is 6.76. The highest BCUT2D eigenvalue weighted by Gasteiger charge is 2.31. The number of nitrogens with one attached hydrogen (secondary N) is 1. The van der Waals surface area contributed by atoms with Crippen molar-refractivity contribution in [2.75, 3.05) is 18.4 Å². The first-order chi connectivity index (χ1) is 13.6. The van der Waals surface area contributed by atoms with Gasteiger partial charge in [0.15, 0.2) is 0 Å². The molecular formula is C21H21N3O3S. The van der Waals surface area contributed by atoms with E-state index in [0.29, 0.717) is 18.1 Å². The number of piperidine rings is 1. The van der Waals surface area contributed by atoms with Crippen LogP contribution in [0.4, 0.5) is 5.69 Å². The van der Waals surface area contributed by atoms with Crippen LogP contribution < -0.4 is 5.32 Å². The van der Waals surface area contributed by atoms with Gasteiger partial charge in [0.05, 0.1) is 12.2 Å². The van der Waals surface area contributed by atoms with Crippen molar-refractivity contribution in [3.8, 4) is 0 Å². The molecule has 0 amide bonds. The number of likely N-dealkylation sites (tertiary alicyclic amines) is 1. The highest BCUT2D eigenvalue weighted by molar-refractivity contribution is 7.90. The van der Waals surface area contributed by atoms with Crippen LogP contribution in [0.1, 0.15) is 18.6 Å². The zero-order valence-corrected chi connectivity index (χ0v) is 16.2. The summed E-state index contributed by atoms with van der Waals surface area (Å²) < 4.78 is 35.1. The van der Waals surface area contributed by atoms with Crippen molar-refractivity contribution in [3.05, 3.63) is 60.4 Å². The maximum atomic E-state index is 12.5. The fourth-order valence-corrected chi connectivity index (χ4v) is 5.27. The van der Waals surface area contributed by atoms with E-state index in [0.717, 1.165) is 42.7 Å². The van der Waals surface area contributed by atoms with Gasteiger partial charge in [0, 0.05) is 17.8 Å². The Labute approximate surface area is 163 Å². The molecule has 1 saturated heterocycles. The van der Waals surface area contributed by atoms with Crippen molar-refractivity contribution >= 4 is 32.5 Å². The maximum absolute atomic E-state index is 12.5. The van der Waals surface area contributed by atoms with Gasteiger partial charge in [0.1, 0.15) is 22.1 Å². The van der Waals surface area contributed by atoms with E-state index in [1.165, 1.54) is 0 Å². The molecule has 1 fully saturated rings. The largest absolute Gasteiger partial charge is 0.460 e. The van der Waals surface area contributed by atoms with Crippen LogP contribution in [-0.4, -0.2) is 32.2 Å². The van der Waals surface area contributed by atoms with Gasteiger partial charge < -0.3 is 9.73 Å². The van der Waals surface area contributed by atoms with Crippen LogP contribution in [0.3, 0.4) is 0 Å². The van der Waals surface area contributed by atoms with Gasteiger partial charge in [-0.25, -0.2) is 0 Å². The van der Waals surface area contributed by atoms with E-state index in [1.54, 1.807) is 18.2 Å². The Bertz CT molecular complexity index is 1130. The fourth-order valence-electron chi connectivity index (χ4n) is 4.07. The Morgan fingerprint density at radius 3 is 2.86 bits per heavy atom. The molecule has 3 aromatic rings. The lowest BCUT2D eigenvalue weighted by Crippen LogP contribution is -2.41. The number of fused-ring (bicyclic) bond motifs is 2. The smallest absolute Gasteiger partial charge is 0.286 e. The normalized spacial score (nSPS) is 21.7. The zero-order valence-electron chi connectivity index (χ0n) is 15.3. The van der Waals surface area contributed by atoms with Crippen LogP contribution in [0.5, 0.6) is 0 Å². The zero-order chi connectivity index (χ0) is 19.1. The number of sulfonamides is 1. The van der Waals surface area contributed by atoms with E-state index in [2.05, 4.69) is 20.7 Å². The number of amidine groups is 1. The van der Waals surface area contributed by atoms with Gasteiger partial charge in [0.2, 0.25) is 0 Å². The minimum Gasteiger partial charge on any atom is -0.460 e. The third-order valence-corrected chi connectivity index (χ3v) is 6.74. The molecule has 5 rings (SSSR count). The summed E-state index contributed by atoms with van der Waals surface area (Å²) >= 11 is 0. The topological polar surface area (TPSA) is 74.9 Å². The second-order valence-corrected chi connectivity index (χ2v) is 8.97. The molecule has 0 aliphatic carbocycles. The van der Waals surface area contributed by atoms with Crippen molar-refractivity contribution in [1.29, 1.82) is 0 Å². The molecule has 2 aromatic carbocycles. The van der Waals surface area contributed by atoms with E-state index in [-0.39, 0.29) is 10.8 Å². The third kappa shape index (κ3) is 3.21. The van der Waals surface area contributed by atoms with Crippen LogP contribution >= 0.6 is 0 Å². The maximum Gasteiger partial charge on any atom is 0.286 e. The summed E-state index contributed by atoms with van der Waals surface area (Å²) in [5.74, 6) is 1.53. The van der Waals surface area contributed by atoms with Gasteiger partial charge in [-0.15, -0.1) is 4.40 Å². The summed E-state index contributed by atoms with van der Waals surface area (Å²) in [5, 5.41) is 4.35. The van der Waals surface area contributed by atoms with Crippen molar-refractivity contribution in [1.82, 2.24) is 4.90 Å². The van der Waals surface area contributed by atoms with Crippen LogP contribution in [0.25, 0.3) is 11.0 Å². The van der Waals surface area contributed by atoms with Gasteiger partial charge in [-0.3, -0.25) is 4.90 Å². The number of rotatable bonds is 3. The highest BCUT2D eigenvalue weighted by atomic mass is 32.2. The molecule has 28 heavy (non-hydrogen) atoms. The Kier molecular flexibility index (Phi) is 4.21. The summed E-state index contributed by atoms with van der Waals surface area (Å²) in [6.45, 7) is 2.42. The average Bonchev–Trinajstić information content (AvgIpc) is 3.10. The number of para-hydroxylation sites is 2. The van der Waals surface area contributed by atoms with E-state index >= 15 is 0 Å². The van der Waals surface area contributed by atoms with Crippen LogP contribution in [0.15, 0.2) is 68.3 Å². The lowest BCUT2D eigenvalue weighted by atomic mass is 9.96. The molecule has 1 N–H and O–H groups in total. The van der Waals surface area contributed by atoms with Crippen LogP contribution in [-0.2, 0) is 16.6 Å². The highest BCUT2D eigenvalue weighted by Crippen LogP contribution is 2.31. The number of anilines is 1. The first-order valence-electron chi connectivity index (χ1n) is 9.49. The van der Waals surface area contributed by atoms with E-state index in [4.69, 9.17) is 4.42 Å². The molecule has 2 aliphatic heterocycles. The van der Waals surface area contributed by atoms with E-state index < -0.39 is 10.0 Å². The van der Waals surface area contributed by atoms with Gasteiger partial charge in [-0.2, -0.15) is 8.42 Å². The Hall–Kier alpha value is -2.64. The summed E-state index contributed by atoms with van der Waals surface area (Å²) in [7, 11) is -3.65. The fraction of sp³-hybridized carbons (Fsp3) is 0.286. The Morgan fingerprint density at radius 1 is 1.14 bits per heavy atom. The molecule has 1 atom stereocenters. The first-order valence-corrected chi connectivity index (χ1v) is 10.9. The Balaban J connectivity index is 1.35. The Morgan fingerprint density at radius 2 is 1.96 bits per heavy atom. The first kappa shape index (κ1) is 17.5.